The van der Waals surface area contributed by atoms with E-state index in [0.717, 1.165) is 24.2 Å². The molecule has 2 rings (SSSR count). The third-order valence-corrected chi connectivity index (χ3v) is 4.04. The summed E-state index contributed by atoms with van der Waals surface area (Å²) >= 11 is 0. The minimum atomic E-state index is -0.870. The van der Waals surface area contributed by atoms with Crippen LogP contribution in [0.25, 0.3) is 0 Å². The summed E-state index contributed by atoms with van der Waals surface area (Å²) in [4.78, 5) is 15.8. The van der Waals surface area contributed by atoms with Crippen molar-refractivity contribution >= 4 is 5.97 Å². The Morgan fingerprint density at radius 3 is 2.68 bits per heavy atom. The second kappa shape index (κ2) is 4.96. The van der Waals surface area contributed by atoms with Crippen LogP contribution in [0.3, 0.4) is 0 Å². The lowest BCUT2D eigenvalue weighted by Gasteiger charge is -2.30. The Bertz CT molecular complexity index is 479. The minimum Gasteiger partial charge on any atom is -0.480 e. The maximum atomic E-state index is 11.6. The third-order valence-electron chi connectivity index (χ3n) is 4.04. The van der Waals surface area contributed by atoms with E-state index >= 15 is 0 Å². The summed E-state index contributed by atoms with van der Waals surface area (Å²) in [6.07, 6.45) is 4.52. The van der Waals surface area contributed by atoms with Gasteiger partial charge in [0.25, 0.3) is 0 Å². The fourth-order valence-corrected chi connectivity index (χ4v) is 2.54. The summed E-state index contributed by atoms with van der Waals surface area (Å²) in [6, 6.07) is 0.479. The van der Waals surface area contributed by atoms with Gasteiger partial charge in [-0.05, 0) is 47.0 Å². The molecule has 2 unspecified atom stereocenters. The SMILES string of the molecule is Cc1ncn(C(C)CC(C)(NC2CC2)C(=O)O)c1C. The number of rotatable bonds is 6. The Labute approximate surface area is 114 Å². The number of imidazole rings is 1. The van der Waals surface area contributed by atoms with Crippen LogP contribution in [0.15, 0.2) is 6.33 Å². The molecule has 1 aromatic heterocycles. The number of aromatic nitrogens is 2. The summed E-state index contributed by atoms with van der Waals surface area (Å²) < 4.78 is 2.06. The first kappa shape index (κ1) is 14.1. The fraction of sp³-hybridized carbons (Fsp3) is 0.714. The predicted octanol–water partition coefficient (Wildman–Crippen LogP) is 2.05. The summed E-state index contributed by atoms with van der Waals surface area (Å²) in [5.41, 5.74) is 1.23. The predicted molar refractivity (Wildman–Crippen MR) is 73.2 cm³/mol. The zero-order valence-corrected chi connectivity index (χ0v) is 12.1. The number of carbonyl (C=O) groups is 1. The van der Waals surface area contributed by atoms with Gasteiger partial charge in [-0.15, -0.1) is 0 Å². The zero-order chi connectivity index (χ0) is 14.2. The van der Waals surface area contributed by atoms with Gasteiger partial charge in [-0.3, -0.25) is 10.1 Å². The van der Waals surface area contributed by atoms with E-state index in [1.54, 1.807) is 13.3 Å². The monoisotopic (exact) mass is 265 g/mol. The first-order valence-electron chi connectivity index (χ1n) is 6.84. The Morgan fingerprint density at radius 2 is 2.26 bits per heavy atom. The lowest BCUT2D eigenvalue weighted by atomic mass is 9.93. The maximum Gasteiger partial charge on any atom is 0.323 e. The summed E-state index contributed by atoms with van der Waals surface area (Å²) in [5, 5.41) is 12.8. The molecule has 0 spiro atoms. The van der Waals surface area contributed by atoms with Crippen molar-refractivity contribution < 1.29 is 9.90 Å². The number of carboxylic acid groups (broad SMARTS) is 1. The molecular weight excluding hydrogens is 242 g/mol. The number of aliphatic carboxylic acids is 1. The van der Waals surface area contributed by atoms with E-state index in [9.17, 15) is 9.90 Å². The van der Waals surface area contributed by atoms with Crippen molar-refractivity contribution in [2.45, 2.75) is 64.6 Å². The van der Waals surface area contributed by atoms with E-state index in [2.05, 4.69) is 14.9 Å². The van der Waals surface area contributed by atoms with Crippen molar-refractivity contribution in [3.8, 4) is 0 Å². The maximum absolute atomic E-state index is 11.6. The van der Waals surface area contributed by atoms with Crippen molar-refractivity contribution in [1.29, 1.82) is 0 Å². The average Bonchev–Trinajstić information content (AvgIpc) is 3.05. The molecule has 19 heavy (non-hydrogen) atoms. The zero-order valence-electron chi connectivity index (χ0n) is 12.1. The number of carboxylic acids is 1. The average molecular weight is 265 g/mol. The summed E-state index contributed by atoms with van der Waals surface area (Å²) in [5.74, 6) is -0.777. The number of nitrogens with zero attached hydrogens (tertiary/aromatic N) is 2. The first-order valence-corrected chi connectivity index (χ1v) is 6.84. The molecule has 1 aromatic rings. The minimum absolute atomic E-state index is 0.105. The summed E-state index contributed by atoms with van der Waals surface area (Å²) in [7, 11) is 0. The topological polar surface area (TPSA) is 67.2 Å². The Hall–Kier alpha value is -1.36. The van der Waals surface area contributed by atoms with E-state index in [1.807, 2.05) is 20.8 Å². The van der Waals surface area contributed by atoms with Crippen LogP contribution < -0.4 is 5.32 Å². The highest BCUT2D eigenvalue weighted by Gasteiger charge is 2.39. The molecule has 0 radical (unpaired) electrons. The molecule has 1 fully saturated rings. The Balaban J connectivity index is 2.12. The third kappa shape index (κ3) is 2.97. The van der Waals surface area contributed by atoms with Gasteiger partial charge in [0.1, 0.15) is 5.54 Å². The van der Waals surface area contributed by atoms with Gasteiger partial charge in [0.15, 0.2) is 0 Å². The molecule has 106 valence electrons. The molecule has 0 bridgehead atoms. The van der Waals surface area contributed by atoms with Crippen molar-refractivity contribution in [2.24, 2.45) is 0 Å². The van der Waals surface area contributed by atoms with Crippen LogP contribution in [0, 0.1) is 13.8 Å². The van der Waals surface area contributed by atoms with E-state index in [1.165, 1.54) is 0 Å². The lowest BCUT2D eigenvalue weighted by Crippen LogP contribution is -2.51. The number of aryl methyl sites for hydroxylation is 1. The molecule has 1 aliphatic carbocycles. The molecule has 5 heteroatoms. The van der Waals surface area contributed by atoms with Crippen LogP contribution in [0.1, 0.15) is 50.5 Å². The molecule has 1 heterocycles. The Kier molecular flexibility index (Phi) is 3.67. The van der Waals surface area contributed by atoms with E-state index in [4.69, 9.17) is 0 Å². The molecule has 5 nitrogen and oxygen atoms in total. The van der Waals surface area contributed by atoms with Crippen LogP contribution in [0.4, 0.5) is 0 Å². The van der Waals surface area contributed by atoms with E-state index in [-0.39, 0.29) is 6.04 Å². The molecule has 0 aromatic carbocycles. The number of nitrogens with one attached hydrogen (secondary N) is 1. The van der Waals surface area contributed by atoms with Gasteiger partial charge in [-0.2, -0.15) is 0 Å². The van der Waals surface area contributed by atoms with Gasteiger partial charge in [0, 0.05) is 17.8 Å². The highest BCUT2D eigenvalue weighted by Crippen LogP contribution is 2.28. The largest absolute Gasteiger partial charge is 0.480 e. The van der Waals surface area contributed by atoms with E-state index in [0.29, 0.717) is 12.5 Å². The highest BCUT2D eigenvalue weighted by atomic mass is 16.4. The van der Waals surface area contributed by atoms with E-state index < -0.39 is 11.5 Å². The van der Waals surface area contributed by atoms with Crippen molar-refractivity contribution in [2.75, 3.05) is 0 Å². The second-order valence-electron chi connectivity index (χ2n) is 5.93. The number of hydrogen-bond donors (Lipinski definition) is 2. The van der Waals surface area contributed by atoms with Crippen LogP contribution in [0.2, 0.25) is 0 Å². The van der Waals surface area contributed by atoms with Crippen LogP contribution in [-0.4, -0.2) is 32.2 Å². The van der Waals surface area contributed by atoms with Crippen molar-refractivity contribution in [3.63, 3.8) is 0 Å². The molecule has 0 aliphatic heterocycles. The second-order valence-corrected chi connectivity index (χ2v) is 5.93. The van der Waals surface area contributed by atoms with Gasteiger partial charge in [0.05, 0.1) is 12.0 Å². The van der Waals surface area contributed by atoms with Crippen LogP contribution in [-0.2, 0) is 4.79 Å². The molecule has 1 saturated carbocycles. The standard InChI is InChI=1S/C14H23N3O2/c1-9(17-8-15-10(2)11(17)3)7-14(4,13(18)19)16-12-5-6-12/h8-9,12,16H,5-7H2,1-4H3,(H,18,19). The number of hydrogen-bond acceptors (Lipinski definition) is 3. The normalized spacial score (nSPS) is 20.0. The molecule has 2 atom stereocenters. The van der Waals surface area contributed by atoms with Gasteiger partial charge < -0.3 is 9.67 Å². The molecular formula is C14H23N3O2. The van der Waals surface area contributed by atoms with Crippen LogP contribution >= 0.6 is 0 Å². The summed E-state index contributed by atoms with van der Waals surface area (Å²) in [6.45, 7) is 7.82. The van der Waals surface area contributed by atoms with Gasteiger partial charge in [0.2, 0.25) is 0 Å². The first-order chi connectivity index (χ1) is 8.83. The van der Waals surface area contributed by atoms with Crippen molar-refractivity contribution in [1.82, 2.24) is 14.9 Å². The fourth-order valence-electron chi connectivity index (χ4n) is 2.54. The van der Waals surface area contributed by atoms with Gasteiger partial charge in [-0.25, -0.2) is 4.98 Å². The van der Waals surface area contributed by atoms with Crippen LogP contribution in [0.5, 0.6) is 0 Å². The molecule has 0 amide bonds. The Morgan fingerprint density at radius 1 is 1.63 bits per heavy atom. The molecule has 1 aliphatic rings. The van der Waals surface area contributed by atoms with Gasteiger partial charge in [-0.1, -0.05) is 0 Å². The smallest absolute Gasteiger partial charge is 0.323 e. The molecule has 2 N–H and O–H groups in total. The van der Waals surface area contributed by atoms with Gasteiger partial charge >= 0.3 is 5.97 Å². The molecule has 0 saturated heterocycles. The quantitative estimate of drug-likeness (QED) is 0.826. The highest BCUT2D eigenvalue weighted by molar-refractivity contribution is 5.78. The lowest BCUT2D eigenvalue weighted by molar-refractivity contribution is -0.145. The van der Waals surface area contributed by atoms with Crippen molar-refractivity contribution in [3.05, 3.63) is 17.7 Å².